The molecule has 27 valence electrons. The summed E-state index contributed by atoms with van der Waals surface area (Å²) in [7, 11) is 1.44. The first-order chi connectivity index (χ1) is 1.91. The monoisotopic (exact) mass is 114 g/mol. The maximum absolute atomic E-state index is 3.21. The summed E-state index contributed by atoms with van der Waals surface area (Å²) in [6.07, 6.45) is 0. The van der Waals surface area contributed by atoms with Crippen LogP contribution in [0.5, 0.6) is 0 Å². The molecule has 0 aromatic rings. The number of hydrogen-bond donors (Lipinski definition) is 1. The van der Waals surface area contributed by atoms with Gasteiger partial charge in [-0.15, -0.1) is 0 Å². The van der Waals surface area contributed by atoms with Gasteiger partial charge in [0.25, 0.3) is 0 Å². The van der Waals surface area contributed by atoms with Crippen LogP contribution >= 0.6 is 0 Å². The molecule has 0 aliphatic carbocycles. The summed E-state index contributed by atoms with van der Waals surface area (Å²) in [5.74, 6) is 0. The maximum Gasteiger partial charge on any atom is 0.0811 e. The Morgan fingerprint density at radius 2 is 2.00 bits per heavy atom. The predicted molar refractivity (Wildman–Crippen MR) is 33.2 cm³/mol. The van der Waals surface area contributed by atoms with Crippen molar-refractivity contribution in [2.45, 2.75) is 6.55 Å². The zero-order valence-corrected chi connectivity index (χ0v) is 9.62. The molecule has 1 N–H and O–H groups in total. The Balaban J connectivity index is 0. The number of nitrogens with one attached hydrogen (secondary N) is 1. The van der Waals surface area contributed by atoms with Gasteiger partial charge < -0.3 is 4.65 Å². The van der Waals surface area contributed by atoms with E-state index in [4.69, 9.17) is 0 Å². The van der Waals surface area contributed by atoms with Gasteiger partial charge in [-0.3, -0.25) is 0 Å². The van der Waals surface area contributed by atoms with Crippen LogP contribution in [0.4, 0.5) is 0 Å². The molecule has 4 heteroatoms. The molecule has 0 heterocycles. The van der Waals surface area contributed by atoms with Crippen molar-refractivity contribution >= 4 is 49.6 Å². The summed E-state index contributed by atoms with van der Waals surface area (Å²) in [4.78, 5) is 0. The molecule has 0 fully saturated rings. The third kappa shape index (κ3) is 10.8. The molecule has 0 aromatic heterocycles. The van der Waals surface area contributed by atoms with Crippen molar-refractivity contribution in [1.29, 1.82) is 0 Å². The Labute approximate surface area is 60.6 Å². The fraction of sp³-hybridized carbons (Fsp3) is 1.00. The van der Waals surface area contributed by atoms with Gasteiger partial charge in [-0.2, -0.15) is 0 Å². The summed E-state index contributed by atoms with van der Waals surface area (Å²) >= 11 is 0. The summed E-state index contributed by atoms with van der Waals surface area (Å²) in [6.45, 7) is 2.24. The molecule has 1 radical (unpaired) electrons. The Kier molecular flexibility index (Phi) is 17.4. The number of hydrogen-bond acceptors (Lipinski definition) is 1. The van der Waals surface area contributed by atoms with Crippen LogP contribution < -0.4 is 4.65 Å². The summed E-state index contributed by atoms with van der Waals surface area (Å²) in [5, 5.41) is 0. The van der Waals surface area contributed by atoms with E-state index >= 15 is 0 Å². The molecule has 0 spiro atoms. The zero-order valence-electron chi connectivity index (χ0n) is 4.21. The fourth-order valence-electron chi connectivity index (χ4n) is 0. The third-order valence-electron chi connectivity index (χ3n) is 0.354. The van der Waals surface area contributed by atoms with Gasteiger partial charge in [-0.05, 0) is 0 Å². The molecule has 0 amide bonds. The SMILES string of the molecule is C[SiH2]N[SiH3].[Na]. The van der Waals surface area contributed by atoms with Gasteiger partial charge in [-0.1, -0.05) is 6.55 Å². The van der Waals surface area contributed by atoms with Crippen LogP contribution in [-0.2, 0) is 0 Å². The molecule has 0 saturated heterocycles. The third-order valence-corrected chi connectivity index (χ3v) is 3.18. The normalized spacial score (nSPS) is 9.00. The molecule has 0 bridgehead atoms. The first-order valence-corrected chi connectivity index (χ1v) is 4.68. The van der Waals surface area contributed by atoms with Gasteiger partial charge in [0.1, 0.15) is 0 Å². The fourth-order valence-corrected chi connectivity index (χ4v) is 0. The van der Waals surface area contributed by atoms with E-state index in [1.54, 1.807) is 0 Å². The molecule has 0 aliphatic heterocycles. The predicted octanol–water partition coefficient (Wildman–Crippen LogP) is -2.39. The second-order valence-electron chi connectivity index (χ2n) is 0.707. The minimum Gasteiger partial charge on any atom is -0.372 e. The molecule has 0 saturated carbocycles. The average molecular weight is 114 g/mol. The maximum atomic E-state index is 3.21. The zero-order chi connectivity index (χ0) is 3.41. The second kappa shape index (κ2) is 9.04. The molecular weight excluding hydrogens is 105 g/mol. The van der Waals surface area contributed by atoms with Crippen LogP contribution in [0.1, 0.15) is 0 Å². The Morgan fingerprint density at radius 1 is 1.80 bits per heavy atom. The molecular formula is CH9NNaSi2. The van der Waals surface area contributed by atoms with Gasteiger partial charge >= 0.3 is 0 Å². The van der Waals surface area contributed by atoms with Crippen LogP contribution in [0.15, 0.2) is 0 Å². The minimum absolute atomic E-state index is 0. The Morgan fingerprint density at radius 3 is 2.00 bits per heavy atom. The molecule has 5 heavy (non-hydrogen) atoms. The van der Waals surface area contributed by atoms with E-state index in [1.807, 2.05) is 0 Å². The van der Waals surface area contributed by atoms with Gasteiger partial charge in [-0.25, -0.2) is 0 Å². The molecule has 0 atom stereocenters. The topological polar surface area (TPSA) is 12.0 Å². The van der Waals surface area contributed by atoms with Crippen molar-refractivity contribution in [3.8, 4) is 0 Å². The Bertz CT molecular complexity index is 11.6. The standard InChI is InChI=1S/CH9NSi2.Na/c1-4-2-3;/h2H,4H2,1,3H3;. The number of rotatable bonds is 1. The summed E-state index contributed by atoms with van der Waals surface area (Å²) < 4.78 is 3.21. The van der Waals surface area contributed by atoms with Gasteiger partial charge in [0, 0.05) is 29.6 Å². The van der Waals surface area contributed by atoms with Crippen molar-refractivity contribution in [2.24, 2.45) is 0 Å². The minimum atomic E-state index is 0. The summed E-state index contributed by atoms with van der Waals surface area (Å²) in [6, 6.07) is 0. The van der Waals surface area contributed by atoms with Crippen LogP contribution in [-0.4, -0.2) is 49.6 Å². The van der Waals surface area contributed by atoms with Crippen LogP contribution in [0.25, 0.3) is 0 Å². The van der Waals surface area contributed by atoms with Gasteiger partial charge in [0.05, 0.1) is 20.1 Å². The van der Waals surface area contributed by atoms with Crippen LogP contribution in [0, 0.1) is 0 Å². The molecule has 0 rings (SSSR count). The van der Waals surface area contributed by atoms with Gasteiger partial charge in [0.2, 0.25) is 0 Å². The van der Waals surface area contributed by atoms with Gasteiger partial charge in [0.15, 0.2) is 0 Å². The van der Waals surface area contributed by atoms with Crippen molar-refractivity contribution in [3.05, 3.63) is 0 Å². The van der Waals surface area contributed by atoms with Crippen molar-refractivity contribution in [1.82, 2.24) is 4.65 Å². The van der Waals surface area contributed by atoms with Crippen molar-refractivity contribution < 1.29 is 0 Å². The quantitative estimate of drug-likeness (QED) is 0.375. The van der Waals surface area contributed by atoms with E-state index in [0.717, 1.165) is 0 Å². The smallest absolute Gasteiger partial charge is 0.0811 e. The molecule has 0 unspecified atom stereocenters. The molecule has 0 aromatic carbocycles. The average Bonchev–Trinajstić information content (AvgIpc) is 1.37. The van der Waals surface area contributed by atoms with Crippen molar-refractivity contribution in [3.63, 3.8) is 0 Å². The first kappa shape index (κ1) is 9.64. The second-order valence-corrected chi connectivity index (χ2v) is 4.24. The Hall–Kier alpha value is 1.39. The van der Waals surface area contributed by atoms with E-state index in [0.29, 0.717) is 0 Å². The first-order valence-electron chi connectivity index (χ1n) is 1.56. The summed E-state index contributed by atoms with van der Waals surface area (Å²) in [5.41, 5.74) is 0. The van der Waals surface area contributed by atoms with Crippen molar-refractivity contribution in [2.75, 3.05) is 0 Å². The largest absolute Gasteiger partial charge is 0.372 e. The van der Waals surface area contributed by atoms with E-state index in [1.165, 1.54) is 10.4 Å². The molecule has 1 nitrogen and oxygen atoms in total. The van der Waals surface area contributed by atoms with E-state index in [-0.39, 0.29) is 39.2 Å². The molecule has 0 aliphatic rings. The van der Waals surface area contributed by atoms with E-state index in [9.17, 15) is 0 Å². The van der Waals surface area contributed by atoms with Crippen LogP contribution in [0.2, 0.25) is 6.55 Å². The van der Waals surface area contributed by atoms with E-state index in [2.05, 4.69) is 11.2 Å². The van der Waals surface area contributed by atoms with E-state index < -0.39 is 0 Å². The van der Waals surface area contributed by atoms with Crippen LogP contribution in [0.3, 0.4) is 0 Å².